The summed E-state index contributed by atoms with van der Waals surface area (Å²) in [6.07, 6.45) is 0. The van der Waals surface area contributed by atoms with Crippen molar-refractivity contribution in [3.63, 3.8) is 0 Å². The third-order valence-electron chi connectivity index (χ3n) is 5.45. The Kier molecular flexibility index (Phi) is 5.97. The summed E-state index contributed by atoms with van der Waals surface area (Å²) >= 11 is 0. The molecular weight excluding hydrogens is 396 g/mol. The van der Waals surface area contributed by atoms with Crippen LogP contribution in [-0.2, 0) is 0 Å². The molecule has 0 spiro atoms. The second-order valence-electron chi connectivity index (χ2n) is 7.25. The summed E-state index contributed by atoms with van der Waals surface area (Å²) in [5.41, 5.74) is 2.55. The molecule has 0 radical (unpaired) electrons. The first-order valence-corrected chi connectivity index (χ1v) is 10.1. The van der Waals surface area contributed by atoms with Crippen molar-refractivity contribution in [2.45, 2.75) is 0 Å². The largest absolute Gasteiger partial charge is 0.497 e. The molecule has 1 aliphatic rings. The van der Waals surface area contributed by atoms with Crippen LogP contribution in [0.3, 0.4) is 0 Å². The Labute approximate surface area is 181 Å². The van der Waals surface area contributed by atoms with Gasteiger partial charge in [0.15, 0.2) is 5.82 Å². The number of hydrogen-bond donors (Lipinski definition) is 1. The lowest BCUT2D eigenvalue weighted by Crippen LogP contribution is -2.49. The fourth-order valence-electron chi connectivity index (χ4n) is 3.64. The molecule has 1 fully saturated rings. The fourth-order valence-corrected chi connectivity index (χ4v) is 3.64. The Morgan fingerprint density at radius 3 is 2.03 bits per heavy atom. The highest BCUT2D eigenvalue weighted by Gasteiger charge is 2.24. The lowest BCUT2D eigenvalue weighted by molar-refractivity contribution is 0.0745. The lowest BCUT2D eigenvalue weighted by Gasteiger charge is -2.34. The van der Waals surface area contributed by atoms with E-state index in [1.165, 1.54) is 0 Å². The number of carbonyl (C=O) groups excluding carboxylic acids is 1. The molecule has 2 heterocycles. The maximum absolute atomic E-state index is 13.0. The van der Waals surface area contributed by atoms with Crippen molar-refractivity contribution in [1.29, 1.82) is 0 Å². The topological polar surface area (TPSA) is 79.9 Å². The van der Waals surface area contributed by atoms with Gasteiger partial charge in [0.1, 0.15) is 17.2 Å². The number of benzene rings is 2. The van der Waals surface area contributed by atoms with Gasteiger partial charge < -0.3 is 24.0 Å². The van der Waals surface area contributed by atoms with Crippen LogP contribution in [0.15, 0.2) is 48.5 Å². The van der Waals surface area contributed by atoms with E-state index in [0.717, 1.165) is 22.8 Å². The Hall–Kier alpha value is -3.68. The molecule has 31 heavy (non-hydrogen) atoms. The number of nitrogens with one attached hydrogen (secondary N) is 1. The van der Waals surface area contributed by atoms with E-state index in [2.05, 4.69) is 15.1 Å². The molecule has 2 aromatic carbocycles. The van der Waals surface area contributed by atoms with Gasteiger partial charge >= 0.3 is 0 Å². The van der Waals surface area contributed by atoms with Gasteiger partial charge in [0, 0.05) is 43.9 Å². The summed E-state index contributed by atoms with van der Waals surface area (Å²) in [5.74, 6) is 2.87. The predicted octanol–water partition coefficient (Wildman–Crippen LogP) is 3.06. The van der Waals surface area contributed by atoms with Crippen molar-refractivity contribution in [3.05, 3.63) is 54.1 Å². The van der Waals surface area contributed by atoms with E-state index in [1.54, 1.807) is 39.5 Å². The highest BCUT2D eigenvalue weighted by Crippen LogP contribution is 2.26. The number of amides is 1. The Bertz CT molecular complexity index is 1020. The van der Waals surface area contributed by atoms with Gasteiger partial charge in [-0.25, -0.2) is 0 Å². The molecule has 0 aliphatic carbocycles. The number of aromatic nitrogens is 2. The van der Waals surface area contributed by atoms with E-state index in [9.17, 15) is 4.79 Å². The highest BCUT2D eigenvalue weighted by molar-refractivity contribution is 5.95. The van der Waals surface area contributed by atoms with Crippen LogP contribution in [0.4, 0.5) is 5.82 Å². The molecule has 0 bridgehead atoms. The molecule has 1 saturated heterocycles. The monoisotopic (exact) mass is 422 g/mol. The van der Waals surface area contributed by atoms with E-state index in [4.69, 9.17) is 14.2 Å². The van der Waals surface area contributed by atoms with E-state index >= 15 is 0 Å². The normalized spacial score (nSPS) is 13.8. The molecule has 1 aliphatic heterocycles. The van der Waals surface area contributed by atoms with Gasteiger partial charge in [-0.2, -0.15) is 5.10 Å². The number of carbonyl (C=O) groups is 1. The van der Waals surface area contributed by atoms with Gasteiger partial charge in [-0.1, -0.05) is 0 Å². The number of hydrogen-bond acceptors (Lipinski definition) is 6. The summed E-state index contributed by atoms with van der Waals surface area (Å²) in [4.78, 5) is 17.0. The average molecular weight is 422 g/mol. The average Bonchev–Trinajstić information content (AvgIpc) is 3.33. The number of aromatic amines is 1. The summed E-state index contributed by atoms with van der Waals surface area (Å²) < 4.78 is 15.8. The fraction of sp³-hybridized carbons (Fsp3) is 0.304. The molecule has 162 valence electrons. The summed E-state index contributed by atoms with van der Waals surface area (Å²) in [6, 6.07) is 15.1. The zero-order chi connectivity index (χ0) is 21.8. The number of anilines is 1. The number of H-pyrrole nitrogens is 1. The minimum atomic E-state index is -0.0298. The van der Waals surface area contributed by atoms with Crippen molar-refractivity contribution in [1.82, 2.24) is 15.1 Å². The number of ether oxygens (including phenoxy) is 3. The molecule has 0 atom stereocenters. The summed E-state index contributed by atoms with van der Waals surface area (Å²) in [7, 11) is 4.80. The second kappa shape index (κ2) is 8.99. The molecule has 0 saturated carbocycles. The molecular formula is C23H26N4O4. The summed E-state index contributed by atoms with van der Waals surface area (Å²) in [6.45, 7) is 2.64. The van der Waals surface area contributed by atoms with Crippen molar-refractivity contribution in [3.8, 4) is 28.5 Å². The van der Waals surface area contributed by atoms with E-state index in [1.807, 2.05) is 35.2 Å². The lowest BCUT2D eigenvalue weighted by atomic mass is 10.1. The zero-order valence-electron chi connectivity index (χ0n) is 17.9. The standard InChI is InChI=1S/C23H26N4O4/c1-29-18-6-4-16(5-7-18)21-15-22(25-24-21)26-8-10-27(11-9-26)23(28)17-12-19(30-2)14-20(13-17)31-3/h4-7,12-15H,8-11H2,1-3H3,(H,24,25). The van der Waals surface area contributed by atoms with Gasteiger partial charge in [-0.05, 0) is 42.0 Å². The molecule has 8 heteroatoms. The Morgan fingerprint density at radius 1 is 0.839 bits per heavy atom. The molecule has 8 nitrogen and oxygen atoms in total. The van der Waals surface area contributed by atoms with Crippen LogP contribution < -0.4 is 19.1 Å². The Balaban J connectivity index is 1.41. The molecule has 1 amide bonds. The molecule has 4 rings (SSSR count). The minimum absolute atomic E-state index is 0.0298. The van der Waals surface area contributed by atoms with Crippen LogP contribution >= 0.6 is 0 Å². The number of nitrogens with zero attached hydrogens (tertiary/aromatic N) is 3. The van der Waals surface area contributed by atoms with Crippen LogP contribution in [0.5, 0.6) is 17.2 Å². The van der Waals surface area contributed by atoms with Gasteiger partial charge in [-0.3, -0.25) is 9.89 Å². The van der Waals surface area contributed by atoms with Crippen LogP contribution in [0.25, 0.3) is 11.3 Å². The van der Waals surface area contributed by atoms with Gasteiger partial charge in [0.05, 0.1) is 27.0 Å². The molecule has 1 aromatic heterocycles. The predicted molar refractivity (Wildman–Crippen MR) is 118 cm³/mol. The van der Waals surface area contributed by atoms with Crippen molar-refractivity contribution >= 4 is 11.7 Å². The van der Waals surface area contributed by atoms with Gasteiger partial charge in [-0.15, -0.1) is 0 Å². The smallest absolute Gasteiger partial charge is 0.254 e. The maximum Gasteiger partial charge on any atom is 0.254 e. The quantitative estimate of drug-likeness (QED) is 0.658. The second-order valence-corrected chi connectivity index (χ2v) is 7.25. The van der Waals surface area contributed by atoms with Gasteiger partial charge in [0.2, 0.25) is 0 Å². The third-order valence-corrected chi connectivity index (χ3v) is 5.45. The van der Waals surface area contributed by atoms with E-state index in [0.29, 0.717) is 43.2 Å². The first kappa shape index (κ1) is 20.6. The maximum atomic E-state index is 13.0. The van der Waals surface area contributed by atoms with Crippen molar-refractivity contribution in [2.75, 3.05) is 52.4 Å². The van der Waals surface area contributed by atoms with Gasteiger partial charge in [0.25, 0.3) is 5.91 Å². The number of methoxy groups -OCH3 is 3. The first-order chi connectivity index (χ1) is 15.1. The molecule has 1 N–H and O–H groups in total. The van der Waals surface area contributed by atoms with Crippen LogP contribution in [0.1, 0.15) is 10.4 Å². The van der Waals surface area contributed by atoms with Crippen LogP contribution in [0.2, 0.25) is 0 Å². The van der Waals surface area contributed by atoms with Crippen molar-refractivity contribution < 1.29 is 19.0 Å². The minimum Gasteiger partial charge on any atom is -0.497 e. The van der Waals surface area contributed by atoms with Crippen LogP contribution in [0, 0.1) is 0 Å². The SMILES string of the molecule is COc1ccc(-c2cc(N3CCN(C(=O)c4cc(OC)cc(OC)c4)CC3)n[nH]2)cc1. The van der Waals surface area contributed by atoms with E-state index < -0.39 is 0 Å². The summed E-state index contributed by atoms with van der Waals surface area (Å²) in [5, 5.41) is 7.57. The van der Waals surface area contributed by atoms with Crippen molar-refractivity contribution in [2.24, 2.45) is 0 Å². The third kappa shape index (κ3) is 4.42. The number of piperazine rings is 1. The first-order valence-electron chi connectivity index (χ1n) is 10.1. The zero-order valence-corrected chi connectivity index (χ0v) is 17.9. The molecule has 0 unspecified atom stereocenters. The highest BCUT2D eigenvalue weighted by atomic mass is 16.5. The molecule has 3 aromatic rings. The van der Waals surface area contributed by atoms with Crippen LogP contribution in [-0.4, -0.2) is 68.5 Å². The number of rotatable bonds is 6. The Morgan fingerprint density at radius 2 is 1.45 bits per heavy atom. The van der Waals surface area contributed by atoms with E-state index in [-0.39, 0.29) is 5.91 Å².